The van der Waals surface area contributed by atoms with Crippen LogP contribution in [0.25, 0.3) is 0 Å². The number of aromatic amines is 1. The Morgan fingerprint density at radius 3 is 2.81 bits per heavy atom. The fraction of sp³-hybridized carbons (Fsp3) is 0.375. The molecule has 3 heterocycles. The summed E-state index contributed by atoms with van der Waals surface area (Å²) in [6.07, 6.45) is 5.10. The second-order valence-corrected chi connectivity index (χ2v) is 9.58. The summed E-state index contributed by atoms with van der Waals surface area (Å²) in [5.74, 6) is 0.495. The molecule has 1 aliphatic heterocycles. The molecule has 2 N–H and O–H groups in total. The first-order valence-corrected chi connectivity index (χ1v) is 12.0. The van der Waals surface area contributed by atoms with Crippen molar-refractivity contribution in [3.05, 3.63) is 78.6 Å². The van der Waals surface area contributed by atoms with Crippen LogP contribution in [0.5, 0.6) is 0 Å². The number of aryl methyl sites for hydroxylation is 2. The lowest BCUT2D eigenvalue weighted by Crippen LogP contribution is -2.44. The molecule has 0 bridgehead atoms. The average Bonchev–Trinajstić information content (AvgIpc) is 3.48. The molecule has 32 heavy (non-hydrogen) atoms. The number of H-pyrrole nitrogens is 1. The number of piperidine rings is 1. The minimum Gasteiger partial charge on any atom is -0.342 e. The lowest BCUT2D eigenvalue weighted by atomic mass is 9.97. The largest absolute Gasteiger partial charge is 0.342 e. The summed E-state index contributed by atoms with van der Waals surface area (Å²) in [5.41, 5.74) is 2.80. The maximum Gasteiger partial charge on any atom is 0.329 e. The Balaban J connectivity index is 1.29. The number of nitrogens with one attached hydrogen (secondary N) is 2. The van der Waals surface area contributed by atoms with Gasteiger partial charge in [0.15, 0.2) is 0 Å². The van der Waals surface area contributed by atoms with E-state index in [0.29, 0.717) is 25.5 Å². The van der Waals surface area contributed by atoms with Gasteiger partial charge < -0.3 is 10.2 Å². The molecule has 3 aromatic rings. The Kier molecular flexibility index (Phi) is 5.70. The fourth-order valence-corrected chi connectivity index (χ4v) is 5.47. The first kappa shape index (κ1) is 20.8. The monoisotopic (exact) mass is 450 g/mol. The Hall–Kier alpha value is -3.13. The number of rotatable bonds is 5. The molecular formula is C24H26N4O3S. The van der Waals surface area contributed by atoms with Crippen molar-refractivity contribution in [1.29, 1.82) is 0 Å². The van der Waals surface area contributed by atoms with Gasteiger partial charge in [0.1, 0.15) is 5.82 Å². The number of fused-ring (bicyclic) bond motifs is 1. The third-order valence-electron chi connectivity index (χ3n) is 6.38. The Morgan fingerprint density at radius 1 is 1.12 bits per heavy atom. The van der Waals surface area contributed by atoms with Crippen LogP contribution in [0, 0.1) is 5.92 Å². The zero-order valence-electron chi connectivity index (χ0n) is 17.8. The third-order valence-corrected chi connectivity index (χ3v) is 7.23. The summed E-state index contributed by atoms with van der Waals surface area (Å²) in [6.45, 7) is 1.57. The Labute approximate surface area is 189 Å². The molecule has 0 spiro atoms. The van der Waals surface area contributed by atoms with E-state index in [4.69, 9.17) is 0 Å². The molecule has 1 atom stereocenters. The lowest BCUT2D eigenvalue weighted by Gasteiger charge is -2.32. The molecule has 1 aliphatic carbocycles. The van der Waals surface area contributed by atoms with Gasteiger partial charge in [-0.25, -0.2) is 4.79 Å². The minimum absolute atomic E-state index is 0.0276. The van der Waals surface area contributed by atoms with E-state index in [0.717, 1.165) is 36.2 Å². The van der Waals surface area contributed by atoms with Crippen molar-refractivity contribution in [2.45, 2.75) is 38.6 Å². The van der Waals surface area contributed by atoms with Crippen molar-refractivity contribution in [2.24, 2.45) is 5.92 Å². The molecule has 1 aromatic carbocycles. The van der Waals surface area contributed by atoms with Gasteiger partial charge in [0, 0.05) is 31.4 Å². The maximum absolute atomic E-state index is 12.7. The maximum atomic E-state index is 12.7. The smallest absolute Gasteiger partial charge is 0.329 e. The summed E-state index contributed by atoms with van der Waals surface area (Å²) in [4.78, 5) is 43.5. The van der Waals surface area contributed by atoms with E-state index in [1.54, 1.807) is 0 Å². The summed E-state index contributed by atoms with van der Waals surface area (Å²) >= 11 is 1.44. The van der Waals surface area contributed by atoms with Gasteiger partial charge in [-0.15, -0.1) is 11.3 Å². The fourth-order valence-electron chi connectivity index (χ4n) is 4.78. The summed E-state index contributed by atoms with van der Waals surface area (Å²) in [6, 6.07) is 11.3. The van der Waals surface area contributed by atoms with Gasteiger partial charge in [0.05, 0.1) is 4.88 Å². The molecule has 1 unspecified atom stereocenters. The topological polar surface area (TPSA) is 87.2 Å². The number of carbonyl (C=O) groups excluding carboxylic acids is 1. The number of carbonyl (C=O) groups is 1. The number of amides is 1. The molecule has 0 radical (unpaired) electrons. The van der Waals surface area contributed by atoms with Crippen LogP contribution in [0.4, 0.5) is 11.5 Å². The number of hydrogen-bond donors (Lipinski definition) is 2. The second kappa shape index (κ2) is 8.78. The van der Waals surface area contributed by atoms with E-state index in [2.05, 4.69) is 22.4 Å². The van der Waals surface area contributed by atoms with E-state index >= 15 is 0 Å². The second-order valence-electron chi connectivity index (χ2n) is 8.64. The van der Waals surface area contributed by atoms with Gasteiger partial charge in [-0.3, -0.25) is 19.1 Å². The van der Waals surface area contributed by atoms with Crippen LogP contribution in [-0.4, -0.2) is 33.4 Å². The highest BCUT2D eigenvalue weighted by atomic mass is 32.1. The number of aromatic nitrogens is 2. The van der Waals surface area contributed by atoms with E-state index in [9.17, 15) is 14.4 Å². The first-order valence-electron chi connectivity index (χ1n) is 11.1. The van der Waals surface area contributed by atoms with Crippen LogP contribution in [0.1, 0.15) is 40.1 Å². The number of thiophene rings is 1. The van der Waals surface area contributed by atoms with Gasteiger partial charge >= 0.3 is 5.69 Å². The molecular weight excluding hydrogens is 424 g/mol. The third kappa shape index (κ3) is 4.27. The average molecular weight is 451 g/mol. The van der Waals surface area contributed by atoms with E-state index in [1.807, 2.05) is 28.5 Å². The van der Waals surface area contributed by atoms with Crippen molar-refractivity contribution in [3.8, 4) is 0 Å². The molecule has 2 aromatic heterocycles. The highest BCUT2D eigenvalue weighted by molar-refractivity contribution is 7.12. The molecule has 0 saturated carbocycles. The van der Waals surface area contributed by atoms with Crippen LogP contribution in [-0.2, 0) is 19.4 Å². The molecule has 2 aliphatic rings. The summed E-state index contributed by atoms with van der Waals surface area (Å²) in [5, 5.41) is 5.06. The van der Waals surface area contributed by atoms with E-state index < -0.39 is 5.69 Å². The SMILES string of the molecule is O=C(c1cccs1)N1CCCC(Cn2c(=O)cc(Nc3ccc4c(c3)CCC4)[nH]c2=O)C1. The van der Waals surface area contributed by atoms with Gasteiger partial charge in [-0.05, 0) is 72.7 Å². The van der Waals surface area contributed by atoms with Crippen molar-refractivity contribution < 1.29 is 4.79 Å². The molecule has 166 valence electrons. The summed E-state index contributed by atoms with van der Waals surface area (Å²) in [7, 11) is 0. The van der Waals surface area contributed by atoms with Crippen molar-refractivity contribution in [2.75, 3.05) is 18.4 Å². The van der Waals surface area contributed by atoms with Crippen molar-refractivity contribution in [1.82, 2.24) is 14.5 Å². The number of anilines is 2. The minimum atomic E-state index is -0.428. The number of benzene rings is 1. The number of likely N-dealkylation sites (tertiary alicyclic amines) is 1. The van der Waals surface area contributed by atoms with Crippen molar-refractivity contribution >= 4 is 28.7 Å². The van der Waals surface area contributed by atoms with Crippen molar-refractivity contribution in [3.63, 3.8) is 0 Å². The predicted molar refractivity (Wildman–Crippen MR) is 126 cm³/mol. The standard InChI is InChI=1S/C24H26N4O3S/c29-22-13-21(25-19-9-8-17-5-1-6-18(17)12-19)26-24(31)28(22)15-16-4-2-10-27(14-16)23(30)20-7-3-11-32-20/h3,7-9,11-13,16,25H,1-2,4-6,10,14-15H2,(H,26,31). The molecule has 8 heteroatoms. The zero-order chi connectivity index (χ0) is 22.1. The van der Waals surface area contributed by atoms with E-state index in [1.165, 1.54) is 39.5 Å². The highest BCUT2D eigenvalue weighted by Crippen LogP contribution is 2.26. The first-order chi connectivity index (χ1) is 15.6. The number of hydrogen-bond acceptors (Lipinski definition) is 5. The van der Waals surface area contributed by atoms with Gasteiger partial charge in [0.2, 0.25) is 0 Å². The number of nitrogens with zero attached hydrogens (tertiary/aromatic N) is 2. The predicted octanol–water partition coefficient (Wildman–Crippen LogP) is 3.38. The van der Waals surface area contributed by atoms with Crippen LogP contribution in [0.2, 0.25) is 0 Å². The Morgan fingerprint density at radius 2 is 2.00 bits per heavy atom. The molecule has 1 amide bonds. The van der Waals surface area contributed by atoms with E-state index in [-0.39, 0.29) is 17.4 Å². The quantitative estimate of drug-likeness (QED) is 0.624. The van der Waals surface area contributed by atoms with Crippen LogP contribution < -0.4 is 16.6 Å². The zero-order valence-corrected chi connectivity index (χ0v) is 18.6. The van der Waals surface area contributed by atoms with Crippen LogP contribution in [0.3, 0.4) is 0 Å². The van der Waals surface area contributed by atoms with Gasteiger partial charge in [-0.1, -0.05) is 12.1 Å². The Bertz CT molecular complexity index is 1210. The normalized spacial score (nSPS) is 17.9. The highest BCUT2D eigenvalue weighted by Gasteiger charge is 2.26. The molecule has 1 fully saturated rings. The van der Waals surface area contributed by atoms with Gasteiger partial charge in [-0.2, -0.15) is 0 Å². The van der Waals surface area contributed by atoms with Crippen LogP contribution >= 0.6 is 11.3 Å². The van der Waals surface area contributed by atoms with Gasteiger partial charge in [0.25, 0.3) is 11.5 Å². The van der Waals surface area contributed by atoms with Crippen LogP contribution in [0.15, 0.2) is 51.4 Å². The molecule has 1 saturated heterocycles. The molecule has 7 nitrogen and oxygen atoms in total. The molecule has 5 rings (SSSR count). The lowest BCUT2D eigenvalue weighted by molar-refractivity contribution is 0.0666. The summed E-state index contributed by atoms with van der Waals surface area (Å²) < 4.78 is 1.25.